The van der Waals surface area contributed by atoms with E-state index in [1.54, 1.807) is 24.4 Å². The van der Waals surface area contributed by atoms with Crippen LogP contribution < -0.4 is 10.1 Å². The number of benzene rings is 1. The highest BCUT2D eigenvalue weighted by atomic mass is 32.1. The first-order valence-corrected chi connectivity index (χ1v) is 8.29. The normalized spacial score (nSPS) is 17.5. The lowest BCUT2D eigenvalue weighted by atomic mass is 10.0. The van der Waals surface area contributed by atoms with E-state index in [0.29, 0.717) is 17.9 Å². The van der Waals surface area contributed by atoms with Crippen LogP contribution in [-0.2, 0) is 9.53 Å². The van der Waals surface area contributed by atoms with Gasteiger partial charge in [-0.2, -0.15) is 0 Å². The van der Waals surface area contributed by atoms with Gasteiger partial charge in [0.25, 0.3) is 5.91 Å². The minimum atomic E-state index is -0.848. The molecule has 0 saturated carbocycles. The number of esters is 1. The molecule has 6 heteroatoms. The third kappa shape index (κ3) is 3.53. The highest BCUT2D eigenvalue weighted by Gasteiger charge is 2.26. The minimum absolute atomic E-state index is 0.129. The van der Waals surface area contributed by atoms with E-state index < -0.39 is 12.1 Å². The molecule has 1 aromatic heterocycles. The lowest BCUT2D eigenvalue weighted by Gasteiger charge is -2.27. The Bertz CT molecular complexity index is 698. The summed E-state index contributed by atoms with van der Waals surface area (Å²) in [7, 11) is 0. The van der Waals surface area contributed by atoms with Gasteiger partial charge in [0, 0.05) is 12.0 Å². The van der Waals surface area contributed by atoms with Crippen molar-refractivity contribution in [3.05, 3.63) is 52.2 Å². The number of hydrogen-bond donors (Lipinski definition) is 1. The van der Waals surface area contributed by atoms with Gasteiger partial charge < -0.3 is 14.8 Å². The topological polar surface area (TPSA) is 64.6 Å². The molecule has 2 heterocycles. The Morgan fingerprint density at radius 1 is 1.30 bits per heavy atom. The summed E-state index contributed by atoms with van der Waals surface area (Å²) in [5, 5.41) is 4.72. The Morgan fingerprint density at radius 2 is 2.13 bits per heavy atom. The second-order valence-electron chi connectivity index (χ2n) is 5.26. The highest BCUT2D eigenvalue weighted by Crippen LogP contribution is 2.31. The quantitative estimate of drug-likeness (QED) is 0.875. The van der Waals surface area contributed by atoms with Gasteiger partial charge in [-0.25, -0.2) is 4.79 Å². The van der Waals surface area contributed by atoms with Crippen molar-refractivity contribution in [2.24, 2.45) is 0 Å². The lowest BCUT2D eigenvalue weighted by molar-refractivity contribution is -0.130. The predicted octanol–water partition coefficient (Wildman–Crippen LogP) is 2.93. The summed E-state index contributed by atoms with van der Waals surface area (Å²) >= 11 is 1.29. The van der Waals surface area contributed by atoms with E-state index in [2.05, 4.69) is 5.32 Å². The van der Waals surface area contributed by atoms with Crippen LogP contribution in [0.3, 0.4) is 0 Å². The molecule has 2 aromatic rings. The zero-order valence-corrected chi connectivity index (χ0v) is 13.5. The monoisotopic (exact) mass is 331 g/mol. The first kappa shape index (κ1) is 15.6. The Hall–Kier alpha value is -2.34. The van der Waals surface area contributed by atoms with Gasteiger partial charge in [0.1, 0.15) is 10.6 Å². The third-order valence-electron chi connectivity index (χ3n) is 3.65. The van der Waals surface area contributed by atoms with Crippen LogP contribution in [-0.4, -0.2) is 24.6 Å². The number of para-hydroxylation sites is 1. The molecule has 23 heavy (non-hydrogen) atoms. The first-order chi connectivity index (χ1) is 11.1. The molecule has 3 rings (SSSR count). The van der Waals surface area contributed by atoms with Gasteiger partial charge in [-0.15, -0.1) is 11.3 Å². The summed E-state index contributed by atoms with van der Waals surface area (Å²) in [6.07, 6.45) is -0.159. The van der Waals surface area contributed by atoms with Crippen molar-refractivity contribution in [3.63, 3.8) is 0 Å². The zero-order chi connectivity index (χ0) is 16.2. The molecule has 1 aliphatic rings. The van der Waals surface area contributed by atoms with Crippen molar-refractivity contribution in [2.75, 3.05) is 6.61 Å². The molecule has 0 aliphatic carbocycles. The second-order valence-corrected chi connectivity index (χ2v) is 6.21. The van der Waals surface area contributed by atoms with E-state index in [1.165, 1.54) is 11.3 Å². The first-order valence-electron chi connectivity index (χ1n) is 7.42. The molecule has 1 N–H and O–H groups in total. The van der Waals surface area contributed by atoms with Gasteiger partial charge in [0.15, 0.2) is 6.10 Å². The lowest BCUT2D eigenvalue weighted by Crippen LogP contribution is -2.39. The largest absolute Gasteiger partial charge is 0.493 e. The molecule has 0 radical (unpaired) electrons. The fraction of sp³-hybridized carbons (Fsp3) is 0.294. The molecule has 2 atom stereocenters. The maximum atomic E-state index is 12.3. The van der Waals surface area contributed by atoms with Gasteiger partial charge in [-0.3, -0.25) is 4.79 Å². The van der Waals surface area contributed by atoms with E-state index in [0.717, 1.165) is 11.3 Å². The summed E-state index contributed by atoms with van der Waals surface area (Å²) < 4.78 is 10.8. The molecule has 1 aliphatic heterocycles. The smallest absolute Gasteiger partial charge is 0.349 e. The molecule has 120 valence electrons. The van der Waals surface area contributed by atoms with Crippen LogP contribution in [0.15, 0.2) is 41.8 Å². The van der Waals surface area contributed by atoms with Crippen LogP contribution in [0.4, 0.5) is 0 Å². The predicted molar refractivity (Wildman–Crippen MR) is 86.6 cm³/mol. The molecule has 1 aromatic carbocycles. The number of ether oxygens (including phenoxy) is 2. The van der Waals surface area contributed by atoms with Gasteiger partial charge in [-0.05, 0) is 24.4 Å². The van der Waals surface area contributed by atoms with Crippen LogP contribution in [0.25, 0.3) is 0 Å². The number of amides is 1. The Labute approximate surface area is 138 Å². The van der Waals surface area contributed by atoms with E-state index in [9.17, 15) is 9.59 Å². The number of rotatable bonds is 4. The summed E-state index contributed by atoms with van der Waals surface area (Å²) in [4.78, 5) is 24.7. The van der Waals surface area contributed by atoms with Crippen molar-refractivity contribution in [1.82, 2.24) is 5.32 Å². The van der Waals surface area contributed by atoms with Crippen molar-refractivity contribution in [2.45, 2.75) is 25.5 Å². The van der Waals surface area contributed by atoms with E-state index >= 15 is 0 Å². The second kappa shape index (κ2) is 6.83. The number of carbonyl (C=O) groups excluding carboxylic acids is 2. The van der Waals surface area contributed by atoms with Gasteiger partial charge in [0.2, 0.25) is 0 Å². The van der Waals surface area contributed by atoms with E-state index in [4.69, 9.17) is 9.47 Å². The maximum absolute atomic E-state index is 12.3. The fourth-order valence-corrected chi connectivity index (χ4v) is 3.05. The Balaban J connectivity index is 1.62. The Kier molecular flexibility index (Phi) is 4.62. The Morgan fingerprint density at radius 3 is 2.91 bits per heavy atom. The maximum Gasteiger partial charge on any atom is 0.349 e. The summed E-state index contributed by atoms with van der Waals surface area (Å²) in [5.41, 5.74) is 0.948. The molecule has 0 unspecified atom stereocenters. The van der Waals surface area contributed by atoms with Crippen molar-refractivity contribution < 1.29 is 19.1 Å². The molecule has 5 nitrogen and oxygen atoms in total. The molecule has 0 fully saturated rings. The summed E-state index contributed by atoms with van der Waals surface area (Å²) in [5.74, 6) is -0.001000. The van der Waals surface area contributed by atoms with Crippen LogP contribution in [0.1, 0.15) is 34.6 Å². The molecule has 0 saturated heterocycles. The average molecular weight is 331 g/mol. The number of nitrogens with one attached hydrogen (secondary N) is 1. The highest BCUT2D eigenvalue weighted by molar-refractivity contribution is 7.11. The number of hydrogen-bond acceptors (Lipinski definition) is 5. The van der Waals surface area contributed by atoms with Crippen LogP contribution >= 0.6 is 11.3 Å². The van der Waals surface area contributed by atoms with Gasteiger partial charge in [-0.1, -0.05) is 24.3 Å². The number of fused-ring (bicyclic) bond motifs is 1. The van der Waals surface area contributed by atoms with Crippen LogP contribution in [0.2, 0.25) is 0 Å². The molecule has 0 bridgehead atoms. The number of carbonyl (C=O) groups is 2. The van der Waals surface area contributed by atoms with E-state index in [1.807, 2.05) is 24.3 Å². The molecule has 0 spiro atoms. The van der Waals surface area contributed by atoms with Crippen LogP contribution in [0, 0.1) is 0 Å². The summed E-state index contributed by atoms with van der Waals surface area (Å²) in [6.45, 7) is 2.12. The molecular formula is C17H17NO4S. The SMILES string of the molecule is C[C@@H](OC(=O)c1cccs1)C(=O)N[C@@H]1CCOc2ccccc21. The number of thiophene rings is 1. The van der Waals surface area contributed by atoms with Gasteiger partial charge >= 0.3 is 5.97 Å². The fourth-order valence-electron chi connectivity index (χ4n) is 2.45. The molecular weight excluding hydrogens is 314 g/mol. The average Bonchev–Trinajstić information content (AvgIpc) is 3.09. The third-order valence-corrected chi connectivity index (χ3v) is 4.50. The molecule has 1 amide bonds. The van der Waals surface area contributed by atoms with Crippen molar-refractivity contribution >= 4 is 23.2 Å². The standard InChI is InChI=1S/C17H17NO4S/c1-11(22-17(20)15-7-4-10-23-15)16(19)18-13-8-9-21-14-6-3-2-5-12(13)14/h2-7,10-11,13H,8-9H2,1H3,(H,18,19)/t11-,13-/m1/s1. The van der Waals surface area contributed by atoms with Crippen molar-refractivity contribution in [3.8, 4) is 5.75 Å². The minimum Gasteiger partial charge on any atom is -0.493 e. The van der Waals surface area contributed by atoms with Crippen LogP contribution in [0.5, 0.6) is 5.75 Å². The van der Waals surface area contributed by atoms with Crippen molar-refractivity contribution in [1.29, 1.82) is 0 Å². The van der Waals surface area contributed by atoms with Gasteiger partial charge in [0.05, 0.1) is 12.6 Å². The van der Waals surface area contributed by atoms with E-state index in [-0.39, 0.29) is 11.9 Å². The zero-order valence-electron chi connectivity index (χ0n) is 12.7. The summed E-state index contributed by atoms with van der Waals surface area (Å²) in [6, 6.07) is 10.9.